The van der Waals surface area contributed by atoms with Gasteiger partial charge >= 0.3 is 0 Å². The third-order valence-electron chi connectivity index (χ3n) is 1.19. The molecule has 60 valence electrons. The van der Waals surface area contributed by atoms with Gasteiger partial charge in [-0.15, -0.1) is 5.10 Å². The maximum absolute atomic E-state index is 10.4. The highest BCUT2D eigenvalue weighted by molar-refractivity contribution is 5.72. The van der Waals surface area contributed by atoms with Gasteiger partial charge in [0.1, 0.15) is 0 Å². The molecular formula is C6H10N4O. The van der Waals surface area contributed by atoms with E-state index < -0.39 is 0 Å². The molecule has 0 aliphatic carbocycles. The van der Waals surface area contributed by atoms with Crippen LogP contribution in [0.1, 0.15) is 6.92 Å². The molecule has 1 amide bonds. The van der Waals surface area contributed by atoms with Gasteiger partial charge in [0.2, 0.25) is 5.91 Å². The van der Waals surface area contributed by atoms with Gasteiger partial charge in [-0.3, -0.25) is 9.48 Å². The lowest BCUT2D eigenvalue weighted by Crippen LogP contribution is -2.24. The van der Waals surface area contributed by atoms with Gasteiger partial charge in [-0.1, -0.05) is 5.21 Å². The zero-order chi connectivity index (χ0) is 8.10. The van der Waals surface area contributed by atoms with Crippen molar-refractivity contribution in [3.05, 3.63) is 12.4 Å². The van der Waals surface area contributed by atoms with Crippen molar-refractivity contribution in [2.24, 2.45) is 0 Å². The number of carbonyl (C=O) groups excluding carboxylic acids is 1. The number of hydrogen-bond donors (Lipinski definition) is 1. The largest absolute Gasteiger partial charge is 0.354 e. The van der Waals surface area contributed by atoms with Crippen molar-refractivity contribution in [1.82, 2.24) is 20.3 Å². The van der Waals surface area contributed by atoms with Crippen molar-refractivity contribution >= 4 is 5.91 Å². The van der Waals surface area contributed by atoms with Crippen LogP contribution in [0, 0.1) is 0 Å². The van der Waals surface area contributed by atoms with E-state index in [0.717, 1.165) is 0 Å². The van der Waals surface area contributed by atoms with Crippen LogP contribution >= 0.6 is 0 Å². The molecule has 0 radical (unpaired) electrons. The van der Waals surface area contributed by atoms with Crippen molar-refractivity contribution in [3.63, 3.8) is 0 Å². The molecule has 0 saturated heterocycles. The Labute approximate surface area is 64.4 Å². The van der Waals surface area contributed by atoms with Crippen LogP contribution in [0.3, 0.4) is 0 Å². The molecule has 0 atom stereocenters. The summed E-state index contributed by atoms with van der Waals surface area (Å²) in [6, 6.07) is 0. The van der Waals surface area contributed by atoms with Gasteiger partial charge in [0.05, 0.1) is 12.7 Å². The van der Waals surface area contributed by atoms with E-state index in [9.17, 15) is 4.79 Å². The van der Waals surface area contributed by atoms with Crippen molar-refractivity contribution in [1.29, 1.82) is 0 Å². The van der Waals surface area contributed by atoms with E-state index in [1.807, 2.05) is 0 Å². The SMILES string of the molecule is CC(=O)NCCn1ccnn1. The van der Waals surface area contributed by atoms with Crippen LogP contribution in [-0.4, -0.2) is 27.4 Å². The molecule has 5 heteroatoms. The number of rotatable bonds is 3. The topological polar surface area (TPSA) is 59.8 Å². The Morgan fingerprint density at radius 2 is 2.55 bits per heavy atom. The molecule has 1 heterocycles. The molecule has 1 N–H and O–H groups in total. The third kappa shape index (κ3) is 2.79. The number of aromatic nitrogens is 3. The molecule has 5 nitrogen and oxygen atoms in total. The second kappa shape index (κ2) is 3.70. The van der Waals surface area contributed by atoms with E-state index in [-0.39, 0.29) is 5.91 Å². The second-order valence-electron chi connectivity index (χ2n) is 2.15. The van der Waals surface area contributed by atoms with Crippen LogP contribution < -0.4 is 5.32 Å². The molecule has 0 aromatic carbocycles. The zero-order valence-electron chi connectivity index (χ0n) is 6.32. The lowest BCUT2D eigenvalue weighted by atomic mass is 10.6. The predicted molar refractivity (Wildman–Crippen MR) is 38.7 cm³/mol. The normalized spacial score (nSPS) is 9.55. The van der Waals surface area contributed by atoms with E-state index in [1.165, 1.54) is 6.92 Å². The summed E-state index contributed by atoms with van der Waals surface area (Å²) in [5.74, 6) is -0.0230. The lowest BCUT2D eigenvalue weighted by Gasteiger charge is -1.99. The Morgan fingerprint density at radius 3 is 3.09 bits per heavy atom. The summed E-state index contributed by atoms with van der Waals surface area (Å²) >= 11 is 0. The average molecular weight is 154 g/mol. The summed E-state index contributed by atoms with van der Waals surface area (Å²) in [4.78, 5) is 10.4. The smallest absolute Gasteiger partial charge is 0.216 e. The van der Waals surface area contributed by atoms with Gasteiger partial charge in [-0.2, -0.15) is 0 Å². The fraction of sp³-hybridized carbons (Fsp3) is 0.500. The van der Waals surface area contributed by atoms with Crippen LogP contribution in [-0.2, 0) is 11.3 Å². The Balaban J connectivity index is 2.19. The van der Waals surface area contributed by atoms with Crippen molar-refractivity contribution in [2.75, 3.05) is 6.54 Å². The van der Waals surface area contributed by atoms with Crippen LogP contribution in [0.2, 0.25) is 0 Å². The number of amides is 1. The maximum atomic E-state index is 10.4. The lowest BCUT2D eigenvalue weighted by molar-refractivity contribution is -0.118. The van der Waals surface area contributed by atoms with Crippen molar-refractivity contribution in [2.45, 2.75) is 13.5 Å². The fourth-order valence-corrected chi connectivity index (χ4v) is 0.698. The molecule has 11 heavy (non-hydrogen) atoms. The first-order valence-electron chi connectivity index (χ1n) is 3.37. The summed E-state index contributed by atoms with van der Waals surface area (Å²) in [6.07, 6.45) is 3.36. The van der Waals surface area contributed by atoms with Crippen molar-refractivity contribution < 1.29 is 4.79 Å². The molecule has 0 fully saturated rings. The molecule has 0 aliphatic heterocycles. The van der Waals surface area contributed by atoms with Crippen LogP contribution in [0.5, 0.6) is 0 Å². The molecule has 1 aromatic rings. The molecule has 0 unspecified atom stereocenters. The number of hydrogen-bond acceptors (Lipinski definition) is 3. The standard InChI is InChI=1S/C6H10N4O/c1-6(11)7-2-4-10-5-3-8-9-10/h3,5H,2,4H2,1H3,(H,7,11). The monoisotopic (exact) mass is 154 g/mol. The number of nitrogens with zero attached hydrogens (tertiary/aromatic N) is 3. The molecule has 1 rings (SSSR count). The van der Waals surface area contributed by atoms with Gasteiger partial charge in [0, 0.05) is 19.7 Å². The van der Waals surface area contributed by atoms with E-state index in [1.54, 1.807) is 17.1 Å². The Kier molecular flexibility index (Phi) is 2.59. The van der Waals surface area contributed by atoms with Crippen LogP contribution in [0.25, 0.3) is 0 Å². The summed E-state index contributed by atoms with van der Waals surface area (Å²) in [5.41, 5.74) is 0. The minimum atomic E-state index is -0.0230. The highest BCUT2D eigenvalue weighted by atomic mass is 16.1. The van der Waals surface area contributed by atoms with Crippen LogP contribution in [0.4, 0.5) is 0 Å². The quantitative estimate of drug-likeness (QED) is 0.633. The van der Waals surface area contributed by atoms with Crippen LogP contribution in [0.15, 0.2) is 12.4 Å². The third-order valence-corrected chi connectivity index (χ3v) is 1.19. The van der Waals surface area contributed by atoms with E-state index in [2.05, 4.69) is 15.6 Å². The molecular weight excluding hydrogens is 144 g/mol. The zero-order valence-corrected chi connectivity index (χ0v) is 6.32. The van der Waals surface area contributed by atoms with E-state index >= 15 is 0 Å². The Bertz CT molecular complexity index is 218. The van der Waals surface area contributed by atoms with E-state index in [0.29, 0.717) is 13.1 Å². The summed E-state index contributed by atoms with van der Waals surface area (Å²) in [7, 11) is 0. The first kappa shape index (κ1) is 7.71. The second-order valence-corrected chi connectivity index (χ2v) is 2.15. The predicted octanol–water partition coefficient (Wildman–Crippen LogP) is -0.586. The molecule has 1 aromatic heterocycles. The number of nitrogens with one attached hydrogen (secondary N) is 1. The minimum absolute atomic E-state index is 0.0230. The summed E-state index contributed by atoms with van der Waals surface area (Å²) < 4.78 is 1.66. The first-order valence-corrected chi connectivity index (χ1v) is 3.37. The summed E-state index contributed by atoms with van der Waals surface area (Å²) in [5, 5.41) is 10.0. The van der Waals surface area contributed by atoms with Gasteiger partial charge in [0.25, 0.3) is 0 Å². The minimum Gasteiger partial charge on any atom is -0.354 e. The molecule has 0 aliphatic rings. The summed E-state index contributed by atoms with van der Waals surface area (Å²) in [6.45, 7) is 2.75. The van der Waals surface area contributed by atoms with Gasteiger partial charge in [0.15, 0.2) is 0 Å². The van der Waals surface area contributed by atoms with Crippen molar-refractivity contribution in [3.8, 4) is 0 Å². The molecule has 0 bridgehead atoms. The van der Waals surface area contributed by atoms with Gasteiger partial charge in [-0.25, -0.2) is 0 Å². The maximum Gasteiger partial charge on any atom is 0.216 e. The first-order chi connectivity index (χ1) is 5.29. The Hall–Kier alpha value is -1.39. The van der Waals surface area contributed by atoms with Gasteiger partial charge < -0.3 is 5.32 Å². The molecule has 0 saturated carbocycles. The fourth-order valence-electron chi connectivity index (χ4n) is 0.698. The number of carbonyl (C=O) groups is 1. The Morgan fingerprint density at radius 1 is 1.73 bits per heavy atom. The average Bonchev–Trinajstić information content (AvgIpc) is 2.39. The highest BCUT2D eigenvalue weighted by Gasteiger charge is 1.91. The highest BCUT2D eigenvalue weighted by Crippen LogP contribution is 1.78. The molecule has 0 spiro atoms. The van der Waals surface area contributed by atoms with E-state index in [4.69, 9.17) is 0 Å². The van der Waals surface area contributed by atoms with Gasteiger partial charge in [-0.05, 0) is 0 Å².